The van der Waals surface area contributed by atoms with Crippen LogP contribution in [0.5, 0.6) is 5.75 Å². The zero-order chi connectivity index (χ0) is 14.9. The molecule has 0 aliphatic rings. The van der Waals surface area contributed by atoms with E-state index >= 15 is 0 Å². The quantitative estimate of drug-likeness (QED) is 0.698. The van der Waals surface area contributed by atoms with Crippen LogP contribution in [0.4, 0.5) is 0 Å². The summed E-state index contributed by atoms with van der Waals surface area (Å²) in [6.07, 6.45) is 3.71. The van der Waals surface area contributed by atoms with E-state index in [2.05, 4.69) is 56.3 Å². The molecular weight excluding hydrogens is 258 g/mol. The van der Waals surface area contributed by atoms with Gasteiger partial charge >= 0.3 is 0 Å². The van der Waals surface area contributed by atoms with E-state index in [4.69, 9.17) is 4.74 Å². The fraction of sp³-hybridized carbons (Fsp3) is 0.474. The topological polar surface area (TPSA) is 13.7 Å². The van der Waals surface area contributed by atoms with Crippen LogP contribution in [-0.2, 0) is 0 Å². The summed E-state index contributed by atoms with van der Waals surface area (Å²) >= 11 is 0. The zero-order valence-corrected chi connectivity index (χ0v) is 13.4. The normalized spacial score (nSPS) is 11.2. The summed E-state index contributed by atoms with van der Waals surface area (Å²) in [6, 6.07) is 14.7. The molecule has 2 nitrogen and oxygen atoms in total. The van der Waals surface area contributed by atoms with Gasteiger partial charge in [0.25, 0.3) is 0 Å². The minimum absolute atomic E-state index is 0.825. The maximum atomic E-state index is 5.87. The van der Waals surface area contributed by atoms with E-state index in [1.165, 1.54) is 43.2 Å². The molecule has 0 unspecified atom stereocenters. The average Bonchev–Trinajstić information content (AvgIpc) is 2.54. The molecule has 0 atom stereocenters. The first kappa shape index (κ1) is 15.8. The second-order valence-corrected chi connectivity index (χ2v) is 5.63. The van der Waals surface area contributed by atoms with Gasteiger partial charge in [0.05, 0.1) is 26.2 Å². The van der Waals surface area contributed by atoms with Crippen molar-refractivity contribution in [3.63, 3.8) is 0 Å². The van der Waals surface area contributed by atoms with Crippen LogP contribution < -0.4 is 9.64 Å². The van der Waals surface area contributed by atoms with Gasteiger partial charge < -0.3 is 9.64 Å². The zero-order valence-electron chi connectivity index (χ0n) is 13.4. The summed E-state index contributed by atoms with van der Waals surface area (Å²) in [5.74, 6) is 0.989. The molecule has 0 amide bonds. The van der Waals surface area contributed by atoms with E-state index < -0.39 is 0 Å². The molecule has 2 heteroatoms. The SMILES string of the molecule is CC[NH+](CC)CCCCCOc1ccc2ccccc2c1. The van der Waals surface area contributed by atoms with Crippen LogP contribution in [0.25, 0.3) is 10.8 Å². The summed E-state index contributed by atoms with van der Waals surface area (Å²) in [5, 5.41) is 2.52. The Kier molecular flexibility index (Phi) is 6.55. The number of ether oxygens (including phenoxy) is 1. The number of hydrogen-bond acceptors (Lipinski definition) is 1. The van der Waals surface area contributed by atoms with Crippen molar-refractivity contribution >= 4 is 10.8 Å². The van der Waals surface area contributed by atoms with Gasteiger partial charge in [0.1, 0.15) is 5.75 Å². The fourth-order valence-corrected chi connectivity index (χ4v) is 2.70. The molecule has 0 radical (unpaired) electrons. The number of unbranched alkanes of at least 4 members (excludes halogenated alkanes) is 2. The summed E-state index contributed by atoms with van der Waals surface area (Å²) in [6.45, 7) is 9.13. The van der Waals surface area contributed by atoms with E-state index in [1.807, 2.05) is 0 Å². The molecule has 0 aliphatic carbocycles. The average molecular weight is 286 g/mol. The van der Waals surface area contributed by atoms with Crippen LogP contribution in [0.1, 0.15) is 33.1 Å². The standard InChI is InChI=1S/C19H27NO/c1-3-20(4-2)14-8-5-9-15-21-19-13-12-17-10-6-7-11-18(17)16-19/h6-7,10-13,16H,3-5,8-9,14-15H2,1-2H3/p+1. The van der Waals surface area contributed by atoms with Gasteiger partial charge in [-0.15, -0.1) is 0 Å². The van der Waals surface area contributed by atoms with E-state index in [0.717, 1.165) is 18.8 Å². The Morgan fingerprint density at radius 3 is 2.38 bits per heavy atom. The molecule has 0 spiro atoms. The molecule has 0 aromatic heterocycles. The van der Waals surface area contributed by atoms with Crippen LogP contribution >= 0.6 is 0 Å². The van der Waals surface area contributed by atoms with Crippen molar-refractivity contribution in [3.05, 3.63) is 42.5 Å². The number of fused-ring (bicyclic) bond motifs is 1. The fourth-order valence-electron chi connectivity index (χ4n) is 2.70. The number of hydrogen-bond donors (Lipinski definition) is 1. The number of rotatable bonds is 9. The van der Waals surface area contributed by atoms with Crippen molar-refractivity contribution in [1.82, 2.24) is 0 Å². The predicted molar refractivity (Wildman–Crippen MR) is 90.2 cm³/mol. The molecule has 1 N–H and O–H groups in total. The van der Waals surface area contributed by atoms with Crippen LogP contribution in [0.15, 0.2) is 42.5 Å². The Balaban J connectivity index is 1.68. The van der Waals surface area contributed by atoms with E-state index in [-0.39, 0.29) is 0 Å². The molecule has 114 valence electrons. The molecule has 21 heavy (non-hydrogen) atoms. The lowest BCUT2D eigenvalue weighted by Crippen LogP contribution is -3.11. The van der Waals surface area contributed by atoms with Crippen molar-refractivity contribution in [3.8, 4) is 5.75 Å². The lowest BCUT2D eigenvalue weighted by Gasteiger charge is -2.14. The monoisotopic (exact) mass is 286 g/mol. The Morgan fingerprint density at radius 1 is 0.857 bits per heavy atom. The van der Waals surface area contributed by atoms with Crippen molar-refractivity contribution in [2.45, 2.75) is 33.1 Å². The van der Waals surface area contributed by atoms with Crippen LogP contribution in [-0.4, -0.2) is 26.2 Å². The minimum atomic E-state index is 0.825. The van der Waals surface area contributed by atoms with Gasteiger partial charge in [-0.25, -0.2) is 0 Å². The van der Waals surface area contributed by atoms with Crippen molar-refractivity contribution in [1.29, 1.82) is 0 Å². The molecular formula is C19H28NO+. The molecule has 0 heterocycles. The summed E-state index contributed by atoms with van der Waals surface area (Å²) in [5.41, 5.74) is 0. The second-order valence-electron chi connectivity index (χ2n) is 5.63. The first-order valence-corrected chi connectivity index (χ1v) is 8.28. The predicted octanol–water partition coefficient (Wildman–Crippen LogP) is 3.31. The number of quaternary nitrogens is 1. The third-order valence-corrected chi connectivity index (χ3v) is 4.16. The third kappa shape index (κ3) is 5.05. The third-order valence-electron chi connectivity index (χ3n) is 4.16. The molecule has 0 aliphatic heterocycles. The van der Waals surface area contributed by atoms with E-state index in [1.54, 1.807) is 4.90 Å². The lowest BCUT2D eigenvalue weighted by atomic mass is 10.1. The Hall–Kier alpha value is -1.54. The summed E-state index contributed by atoms with van der Waals surface area (Å²) in [7, 11) is 0. The first-order valence-electron chi connectivity index (χ1n) is 8.28. The summed E-state index contributed by atoms with van der Waals surface area (Å²) in [4.78, 5) is 1.70. The van der Waals surface area contributed by atoms with Gasteiger partial charge in [0.15, 0.2) is 0 Å². The maximum absolute atomic E-state index is 5.87. The van der Waals surface area contributed by atoms with Gasteiger partial charge in [0, 0.05) is 0 Å². The molecule has 0 saturated heterocycles. The second kappa shape index (κ2) is 8.68. The van der Waals surface area contributed by atoms with Crippen LogP contribution in [0, 0.1) is 0 Å². The van der Waals surface area contributed by atoms with Gasteiger partial charge in [-0.1, -0.05) is 30.3 Å². The van der Waals surface area contributed by atoms with Crippen molar-refractivity contribution in [2.75, 3.05) is 26.2 Å². The molecule has 0 bridgehead atoms. The smallest absolute Gasteiger partial charge is 0.119 e. The van der Waals surface area contributed by atoms with E-state index in [0.29, 0.717) is 0 Å². The van der Waals surface area contributed by atoms with Crippen molar-refractivity contribution < 1.29 is 9.64 Å². The Bertz CT molecular complexity index is 534. The minimum Gasteiger partial charge on any atom is -0.494 e. The molecule has 2 aromatic rings. The highest BCUT2D eigenvalue weighted by atomic mass is 16.5. The van der Waals surface area contributed by atoms with Gasteiger partial charge in [0.2, 0.25) is 0 Å². The maximum Gasteiger partial charge on any atom is 0.119 e. The Morgan fingerprint density at radius 2 is 1.62 bits per heavy atom. The molecule has 2 rings (SSSR count). The van der Waals surface area contributed by atoms with Gasteiger partial charge in [-0.05, 0) is 56.0 Å². The lowest BCUT2D eigenvalue weighted by molar-refractivity contribution is -0.896. The van der Waals surface area contributed by atoms with Gasteiger partial charge in [-0.2, -0.15) is 0 Å². The Labute approximate surface area is 128 Å². The summed E-state index contributed by atoms with van der Waals surface area (Å²) < 4.78 is 5.87. The van der Waals surface area contributed by atoms with E-state index in [9.17, 15) is 0 Å². The first-order chi connectivity index (χ1) is 10.3. The highest BCUT2D eigenvalue weighted by Crippen LogP contribution is 2.20. The van der Waals surface area contributed by atoms with Gasteiger partial charge in [-0.3, -0.25) is 0 Å². The highest BCUT2D eigenvalue weighted by molar-refractivity contribution is 5.83. The largest absolute Gasteiger partial charge is 0.494 e. The molecule has 0 saturated carbocycles. The van der Waals surface area contributed by atoms with Crippen LogP contribution in [0.3, 0.4) is 0 Å². The number of benzene rings is 2. The number of nitrogens with one attached hydrogen (secondary N) is 1. The molecule has 2 aromatic carbocycles. The highest BCUT2D eigenvalue weighted by Gasteiger charge is 2.01. The van der Waals surface area contributed by atoms with Crippen LogP contribution in [0.2, 0.25) is 0 Å². The molecule has 0 fully saturated rings. The van der Waals surface area contributed by atoms with Crippen molar-refractivity contribution in [2.24, 2.45) is 0 Å².